The summed E-state index contributed by atoms with van der Waals surface area (Å²) in [6.07, 6.45) is 1.88. The fraction of sp³-hybridized carbons (Fsp3) is 0.370. The number of thiophene rings is 1. The molecule has 2 aromatic carbocycles. The normalized spacial score (nSPS) is 14.4. The number of hydrogen-bond donors (Lipinski definition) is 1. The van der Waals surface area contributed by atoms with Gasteiger partial charge in [0.1, 0.15) is 10.6 Å². The van der Waals surface area contributed by atoms with Crippen molar-refractivity contribution in [1.29, 1.82) is 0 Å². The minimum Gasteiger partial charge on any atom is -0.456 e. The quantitative estimate of drug-likeness (QED) is 0.480. The van der Waals surface area contributed by atoms with E-state index in [0.717, 1.165) is 38.0 Å². The van der Waals surface area contributed by atoms with Crippen molar-refractivity contribution >= 4 is 22.3 Å². The van der Waals surface area contributed by atoms with Crippen LogP contribution < -0.4 is 5.73 Å². The number of hydrogen-bond acceptors (Lipinski definition) is 5. The Morgan fingerprint density at radius 3 is 2.22 bits per heavy atom. The fourth-order valence-electron chi connectivity index (χ4n) is 4.43. The van der Waals surface area contributed by atoms with Crippen molar-refractivity contribution in [3.05, 3.63) is 87.8 Å². The molecule has 4 nitrogen and oxygen atoms in total. The molecule has 4 rings (SSSR count). The zero-order valence-electron chi connectivity index (χ0n) is 19.1. The summed E-state index contributed by atoms with van der Waals surface area (Å²) in [5, 5.41) is 0.581. The van der Waals surface area contributed by atoms with Gasteiger partial charge in [0.25, 0.3) is 0 Å². The van der Waals surface area contributed by atoms with Crippen molar-refractivity contribution in [3.63, 3.8) is 0 Å². The maximum atomic E-state index is 12.7. The number of anilines is 1. The van der Waals surface area contributed by atoms with Gasteiger partial charge in [0.05, 0.1) is 5.56 Å². The molecule has 0 bridgehead atoms. The van der Waals surface area contributed by atoms with Crippen molar-refractivity contribution in [3.8, 4) is 0 Å². The number of fused-ring (bicyclic) bond motifs is 1. The van der Waals surface area contributed by atoms with Crippen LogP contribution in [0.25, 0.3) is 0 Å². The van der Waals surface area contributed by atoms with E-state index < -0.39 is 5.60 Å². The summed E-state index contributed by atoms with van der Waals surface area (Å²) in [5.41, 5.74) is 10.1. The van der Waals surface area contributed by atoms with E-state index in [1.807, 2.05) is 20.8 Å². The molecule has 0 saturated heterocycles. The minimum atomic E-state index is -0.525. The zero-order chi connectivity index (χ0) is 22.7. The van der Waals surface area contributed by atoms with Crippen LogP contribution in [-0.4, -0.2) is 29.6 Å². The van der Waals surface area contributed by atoms with Crippen LogP contribution in [0, 0.1) is 0 Å². The average Bonchev–Trinajstić information content (AvgIpc) is 3.09. The summed E-state index contributed by atoms with van der Waals surface area (Å²) in [6.45, 7) is 8.42. The van der Waals surface area contributed by atoms with Gasteiger partial charge in [-0.05, 0) is 56.8 Å². The highest BCUT2D eigenvalue weighted by molar-refractivity contribution is 7.16. The van der Waals surface area contributed by atoms with E-state index in [0.29, 0.717) is 16.5 Å². The van der Waals surface area contributed by atoms with E-state index in [4.69, 9.17) is 10.5 Å². The predicted octanol–water partition coefficient (Wildman–Crippen LogP) is 5.87. The van der Waals surface area contributed by atoms with E-state index >= 15 is 0 Å². The van der Waals surface area contributed by atoms with Gasteiger partial charge >= 0.3 is 5.97 Å². The summed E-state index contributed by atoms with van der Waals surface area (Å²) >= 11 is 1.54. The fourth-order valence-corrected chi connectivity index (χ4v) is 5.58. The molecular formula is C27H32N2O2S. The summed E-state index contributed by atoms with van der Waals surface area (Å²) in [6, 6.07) is 21.5. The molecule has 0 spiro atoms. The first-order valence-corrected chi connectivity index (χ1v) is 12.1. The Bertz CT molecular complexity index is 1020. The molecule has 0 radical (unpaired) electrons. The highest BCUT2D eigenvalue weighted by atomic mass is 32.1. The van der Waals surface area contributed by atoms with Crippen LogP contribution in [0.3, 0.4) is 0 Å². The molecule has 0 fully saturated rings. The van der Waals surface area contributed by atoms with Gasteiger partial charge in [0.15, 0.2) is 0 Å². The molecule has 1 aromatic heterocycles. The molecule has 2 N–H and O–H groups in total. The first-order chi connectivity index (χ1) is 15.3. The first-order valence-electron chi connectivity index (χ1n) is 11.3. The number of rotatable bonds is 6. The number of carbonyl (C=O) groups excluding carboxylic acids is 1. The Balaban J connectivity index is 1.47. The van der Waals surface area contributed by atoms with Crippen LogP contribution >= 0.6 is 11.3 Å². The van der Waals surface area contributed by atoms with Crippen molar-refractivity contribution in [2.45, 2.75) is 51.7 Å². The molecule has 2 heterocycles. The van der Waals surface area contributed by atoms with E-state index in [1.165, 1.54) is 27.3 Å². The van der Waals surface area contributed by atoms with Crippen molar-refractivity contribution < 1.29 is 9.53 Å². The highest BCUT2D eigenvalue weighted by Gasteiger charge is 2.30. The first kappa shape index (κ1) is 22.6. The number of nitrogens with zero attached hydrogens (tertiary/aromatic N) is 1. The molecule has 0 amide bonds. The van der Waals surface area contributed by atoms with Crippen molar-refractivity contribution in [2.75, 3.05) is 18.8 Å². The van der Waals surface area contributed by atoms with Gasteiger partial charge in [0, 0.05) is 23.9 Å². The number of esters is 1. The molecule has 32 heavy (non-hydrogen) atoms. The molecule has 0 unspecified atom stereocenters. The lowest BCUT2D eigenvalue weighted by Crippen LogP contribution is -2.32. The molecule has 0 aliphatic carbocycles. The van der Waals surface area contributed by atoms with Gasteiger partial charge in [-0.3, -0.25) is 4.90 Å². The maximum Gasteiger partial charge on any atom is 0.341 e. The molecule has 5 heteroatoms. The van der Waals surface area contributed by atoms with E-state index in [1.54, 1.807) is 0 Å². The number of nitrogens with two attached hydrogens (primary N) is 1. The van der Waals surface area contributed by atoms with Crippen LogP contribution in [0.1, 0.15) is 65.0 Å². The number of nitrogen functional groups attached to an aromatic ring is 1. The summed E-state index contributed by atoms with van der Waals surface area (Å²) in [5.74, 6) is 0.0682. The lowest BCUT2D eigenvalue weighted by atomic mass is 9.88. The second-order valence-electron chi connectivity index (χ2n) is 9.43. The lowest BCUT2D eigenvalue weighted by molar-refractivity contribution is 0.00695. The van der Waals surface area contributed by atoms with Gasteiger partial charge < -0.3 is 10.5 Å². The highest BCUT2D eigenvalue weighted by Crippen LogP contribution is 2.37. The average molecular weight is 449 g/mol. The van der Waals surface area contributed by atoms with Crippen LogP contribution in [0.4, 0.5) is 5.00 Å². The Labute approximate surface area is 195 Å². The molecule has 3 aromatic rings. The zero-order valence-corrected chi connectivity index (χ0v) is 20.0. The number of ether oxygens (including phenoxy) is 1. The predicted molar refractivity (Wildman–Crippen MR) is 132 cm³/mol. The standard InChI is InChI=1S/C27H32N2O2S/c1-27(2,3)31-26(30)24-22-15-17-29(18-23(22)32-25(24)28)16-14-21(19-10-6-4-7-11-19)20-12-8-5-9-13-20/h4-13,21H,14-18,28H2,1-3H3. The second-order valence-corrected chi connectivity index (χ2v) is 10.6. The van der Waals surface area contributed by atoms with Gasteiger partial charge in [-0.25, -0.2) is 4.79 Å². The summed E-state index contributed by atoms with van der Waals surface area (Å²) < 4.78 is 5.61. The van der Waals surface area contributed by atoms with Gasteiger partial charge in [-0.2, -0.15) is 0 Å². The van der Waals surface area contributed by atoms with Crippen LogP contribution in [-0.2, 0) is 17.7 Å². The van der Waals surface area contributed by atoms with E-state index in [-0.39, 0.29) is 5.97 Å². The maximum absolute atomic E-state index is 12.7. The minimum absolute atomic E-state index is 0.297. The third-order valence-electron chi connectivity index (χ3n) is 5.90. The summed E-state index contributed by atoms with van der Waals surface area (Å²) in [7, 11) is 0. The second kappa shape index (κ2) is 9.47. The topological polar surface area (TPSA) is 55.6 Å². The Morgan fingerprint density at radius 2 is 1.66 bits per heavy atom. The summed E-state index contributed by atoms with van der Waals surface area (Å²) in [4.78, 5) is 16.4. The molecule has 168 valence electrons. The monoisotopic (exact) mass is 448 g/mol. The lowest BCUT2D eigenvalue weighted by Gasteiger charge is -2.29. The van der Waals surface area contributed by atoms with Gasteiger partial charge in [-0.1, -0.05) is 60.7 Å². The Hall–Kier alpha value is -2.63. The Kier molecular flexibility index (Phi) is 6.68. The van der Waals surface area contributed by atoms with Crippen LogP contribution in [0.15, 0.2) is 60.7 Å². The van der Waals surface area contributed by atoms with Crippen LogP contribution in [0.2, 0.25) is 0 Å². The molecule has 0 saturated carbocycles. The molecule has 1 aliphatic heterocycles. The number of benzene rings is 2. The van der Waals surface area contributed by atoms with Crippen molar-refractivity contribution in [2.24, 2.45) is 0 Å². The van der Waals surface area contributed by atoms with Gasteiger partial charge in [0.2, 0.25) is 0 Å². The molecule has 0 atom stereocenters. The number of carbonyl (C=O) groups is 1. The van der Waals surface area contributed by atoms with Gasteiger partial charge in [-0.15, -0.1) is 11.3 Å². The largest absolute Gasteiger partial charge is 0.456 e. The van der Waals surface area contributed by atoms with E-state index in [2.05, 4.69) is 65.6 Å². The SMILES string of the molecule is CC(C)(C)OC(=O)c1c(N)sc2c1CCN(CCC(c1ccccc1)c1ccccc1)C2. The molecular weight excluding hydrogens is 416 g/mol. The van der Waals surface area contributed by atoms with E-state index in [9.17, 15) is 4.79 Å². The Morgan fingerprint density at radius 1 is 1.06 bits per heavy atom. The van der Waals surface area contributed by atoms with Crippen molar-refractivity contribution in [1.82, 2.24) is 4.90 Å². The van der Waals surface area contributed by atoms with Crippen LogP contribution in [0.5, 0.6) is 0 Å². The third-order valence-corrected chi connectivity index (χ3v) is 6.95. The third kappa shape index (κ3) is 5.22. The molecule has 1 aliphatic rings. The smallest absolute Gasteiger partial charge is 0.341 e.